The zero-order chi connectivity index (χ0) is 13.9. The third-order valence-electron chi connectivity index (χ3n) is 3.87. The molecule has 0 radical (unpaired) electrons. The van der Waals surface area contributed by atoms with Crippen molar-refractivity contribution in [2.75, 3.05) is 32.5 Å². The molecule has 0 saturated carbocycles. The Balaban J connectivity index is 1.57. The van der Waals surface area contributed by atoms with E-state index in [1.165, 1.54) is 6.33 Å². The zero-order valence-electron chi connectivity index (χ0n) is 11.7. The standard InChI is InChI=1S/C13H20N6O/c1-20-10-3-6-18(7-10)4-2-5-19-9-17-11-12(14)15-8-16-13(11)19/h8-10H,2-7H2,1H3,(H2,14,15,16). The van der Waals surface area contributed by atoms with Crippen molar-refractivity contribution in [3.05, 3.63) is 12.7 Å². The minimum atomic E-state index is 0.400. The summed E-state index contributed by atoms with van der Waals surface area (Å²) in [5.41, 5.74) is 7.28. The van der Waals surface area contributed by atoms with Gasteiger partial charge in [-0.25, -0.2) is 15.0 Å². The number of nitrogens with zero attached hydrogens (tertiary/aromatic N) is 5. The highest BCUT2D eigenvalue weighted by Crippen LogP contribution is 2.15. The Kier molecular flexibility index (Phi) is 3.79. The van der Waals surface area contributed by atoms with Crippen molar-refractivity contribution < 1.29 is 4.74 Å². The molecule has 3 rings (SSSR count). The fourth-order valence-corrected chi connectivity index (χ4v) is 2.72. The summed E-state index contributed by atoms with van der Waals surface area (Å²) in [6, 6.07) is 0. The molecule has 2 aromatic heterocycles. The molecule has 7 heteroatoms. The normalized spacial score (nSPS) is 19.9. The molecule has 0 aromatic carbocycles. The Hall–Kier alpha value is -1.73. The molecule has 1 saturated heterocycles. The van der Waals surface area contributed by atoms with Crippen molar-refractivity contribution in [3.63, 3.8) is 0 Å². The molecule has 0 spiro atoms. The molecule has 0 bridgehead atoms. The van der Waals surface area contributed by atoms with Crippen LogP contribution < -0.4 is 5.73 Å². The maximum Gasteiger partial charge on any atom is 0.165 e. The van der Waals surface area contributed by atoms with Gasteiger partial charge in [-0.3, -0.25) is 0 Å². The molecule has 7 nitrogen and oxygen atoms in total. The summed E-state index contributed by atoms with van der Waals surface area (Å²) in [5, 5.41) is 0. The van der Waals surface area contributed by atoms with Crippen LogP contribution in [0.1, 0.15) is 12.8 Å². The molecule has 108 valence electrons. The highest BCUT2D eigenvalue weighted by Gasteiger charge is 2.21. The van der Waals surface area contributed by atoms with Gasteiger partial charge in [0.2, 0.25) is 0 Å². The molecule has 1 unspecified atom stereocenters. The average molecular weight is 276 g/mol. The van der Waals surface area contributed by atoms with E-state index >= 15 is 0 Å². The van der Waals surface area contributed by atoms with E-state index in [-0.39, 0.29) is 0 Å². The van der Waals surface area contributed by atoms with Crippen molar-refractivity contribution in [2.45, 2.75) is 25.5 Å². The second kappa shape index (κ2) is 5.72. The summed E-state index contributed by atoms with van der Waals surface area (Å²) >= 11 is 0. The zero-order valence-corrected chi connectivity index (χ0v) is 11.7. The summed E-state index contributed by atoms with van der Waals surface area (Å²) in [6.07, 6.45) is 5.87. The first-order valence-corrected chi connectivity index (χ1v) is 6.94. The number of nitrogens with two attached hydrogens (primary N) is 1. The van der Waals surface area contributed by atoms with Gasteiger partial charge >= 0.3 is 0 Å². The minimum absolute atomic E-state index is 0.400. The Labute approximate surface area is 117 Å². The van der Waals surface area contributed by atoms with Crippen molar-refractivity contribution >= 4 is 17.0 Å². The molecule has 1 aliphatic heterocycles. The summed E-state index contributed by atoms with van der Waals surface area (Å²) in [7, 11) is 1.79. The fraction of sp³-hybridized carbons (Fsp3) is 0.615. The number of imidazole rings is 1. The fourth-order valence-electron chi connectivity index (χ4n) is 2.72. The largest absolute Gasteiger partial charge is 0.382 e. The molecule has 0 amide bonds. The van der Waals surface area contributed by atoms with Crippen LogP contribution >= 0.6 is 0 Å². The van der Waals surface area contributed by atoms with Crippen LogP contribution in [0.4, 0.5) is 5.82 Å². The lowest BCUT2D eigenvalue weighted by Crippen LogP contribution is -2.24. The van der Waals surface area contributed by atoms with Crippen LogP contribution in [0, 0.1) is 0 Å². The molecule has 1 atom stereocenters. The predicted molar refractivity (Wildman–Crippen MR) is 76.2 cm³/mol. The average Bonchev–Trinajstić information content (AvgIpc) is 3.07. The number of fused-ring (bicyclic) bond motifs is 1. The van der Waals surface area contributed by atoms with Crippen molar-refractivity contribution in [1.29, 1.82) is 0 Å². The topological polar surface area (TPSA) is 82.1 Å². The Bertz CT molecular complexity index is 583. The van der Waals surface area contributed by atoms with Crippen molar-refractivity contribution in [3.8, 4) is 0 Å². The van der Waals surface area contributed by atoms with E-state index in [9.17, 15) is 0 Å². The van der Waals surface area contributed by atoms with Gasteiger partial charge in [-0.05, 0) is 19.4 Å². The number of methoxy groups -OCH3 is 1. The van der Waals surface area contributed by atoms with Gasteiger partial charge in [-0.15, -0.1) is 0 Å². The van der Waals surface area contributed by atoms with E-state index in [2.05, 4.69) is 19.9 Å². The number of anilines is 1. The first-order valence-electron chi connectivity index (χ1n) is 6.94. The lowest BCUT2D eigenvalue weighted by Gasteiger charge is -2.15. The van der Waals surface area contributed by atoms with Crippen LogP contribution in [0.5, 0.6) is 0 Å². The molecular formula is C13H20N6O. The maximum absolute atomic E-state index is 5.78. The third-order valence-corrected chi connectivity index (χ3v) is 3.87. The first kappa shape index (κ1) is 13.3. The van der Waals surface area contributed by atoms with Crippen LogP contribution in [0.25, 0.3) is 11.2 Å². The van der Waals surface area contributed by atoms with Gasteiger partial charge in [0.25, 0.3) is 0 Å². The number of nitrogen functional groups attached to an aromatic ring is 1. The molecule has 2 N–H and O–H groups in total. The summed E-state index contributed by atoms with van der Waals surface area (Å²) in [4.78, 5) is 14.9. The second-order valence-corrected chi connectivity index (χ2v) is 5.17. The molecule has 20 heavy (non-hydrogen) atoms. The molecule has 1 fully saturated rings. The van der Waals surface area contributed by atoms with Gasteiger partial charge in [-0.1, -0.05) is 0 Å². The van der Waals surface area contributed by atoms with Crippen LogP contribution in [0.2, 0.25) is 0 Å². The third kappa shape index (κ3) is 2.59. The van der Waals surface area contributed by atoms with Gasteiger partial charge in [-0.2, -0.15) is 0 Å². The van der Waals surface area contributed by atoms with Crippen LogP contribution in [0.15, 0.2) is 12.7 Å². The van der Waals surface area contributed by atoms with E-state index in [1.807, 2.05) is 4.57 Å². The Morgan fingerprint density at radius 3 is 3.05 bits per heavy atom. The number of rotatable bonds is 5. The maximum atomic E-state index is 5.78. The number of hydrogen-bond donors (Lipinski definition) is 1. The van der Waals surface area contributed by atoms with E-state index in [0.717, 1.165) is 44.7 Å². The molecule has 2 aromatic rings. The van der Waals surface area contributed by atoms with E-state index in [4.69, 9.17) is 10.5 Å². The second-order valence-electron chi connectivity index (χ2n) is 5.17. The van der Waals surface area contributed by atoms with E-state index in [1.54, 1.807) is 13.4 Å². The lowest BCUT2D eigenvalue weighted by atomic mass is 10.3. The smallest absolute Gasteiger partial charge is 0.165 e. The molecule has 1 aliphatic rings. The van der Waals surface area contributed by atoms with Gasteiger partial charge in [0, 0.05) is 26.7 Å². The molecule has 0 aliphatic carbocycles. The number of hydrogen-bond acceptors (Lipinski definition) is 6. The van der Waals surface area contributed by atoms with Crippen LogP contribution in [-0.2, 0) is 11.3 Å². The van der Waals surface area contributed by atoms with Crippen molar-refractivity contribution in [1.82, 2.24) is 24.4 Å². The SMILES string of the molecule is COC1CCN(CCCn2cnc3c(N)ncnc32)C1. The molecule has 3 heterocycles. The number of aryl methyl sites for hydroxylation is 1. The summed E-state index contributed by atoms with van der Waals surface area (Å²) in [5.74, 6) is 0.441. The quantitative estimate of drug-likeness (QED) is 0.857. The first-order chi connectivity index (χ1) is 9.78. The van der Waals surface area contributed by atoms with Gasteiger partial charge < -0.3 is 19.9 Å². The predicted octanol–water partition coefficient (Wildman–Crippen LogP) is 0.519. The van der Waals surface area contributed by atoms with Crippen LogP contribution in [-0.4, -0.2) is 57.3 Å². The Morgan fingerprint density at radius 1 is 1.35 bits per heavy atom. The highest BCUT2D eigenvalue weighted by molar-refractivity contribution is 5.80. The molecular weight excluding hydrogens is 256 g/mol. The monoisotopic (exact) mass is 276 g/mol. The van der Waals surface area contributed by atoms with E-state index < -0.39 is 0 Å². The van der Waals surface area contributed by atoms with Gasteiger partial charge in [0.05, 0.1) is 12.4 Å². The number of ether oxygens (including phenoxy) is 1. The van der Waals surface area contributed by atoms with E-state index in [0.29, 0.717) is 17.4 Å². The lowest BCUT2D eigenvalue weighted by molar-refractivity contribution is 0.108. The van der Waals surface area contributed by atoms with Crippen molar-refractivity contribution in [2.24, 2.45) is 0 Å². The number of aromatic nitrogens is 4. The summed E-state index contributed by atoms with van der Waals surface area (Å²) < 4.78 is 7.42. The van der Waals surface area contributed by atoms with Gasteiger partial charge in [0.15, 0.2) is 11.5 Å². The number of likely N-dealkylation sites (tertiary alicyclic amines) is 1. The summed E-state index contributed by atoms with van der Waals surface area (Å²) in [6.45, 7) is 4.12. The van der Waals surface area contributed by atoms with Crippen LogP contribution in [0.3, 0.4) is 0 Å². The Morgan fingerprint density at radius 2 is 2.25 bits per heavy atom. The minimum Gasteiger partial charge on any atom is -0.382 e. The van der Waals surface area contributed by atoms with Gasteiger partial charge in [0.1, 0.15) is 11.8 Å². The highest BCUT2D eigenvalue weighted by atomic mass is 16.5.